The lowest BCUT2D eigenvalue weighted by Crippen LogP contribution is -2.44. The normalized spacial score (nSPS) is 11.5. The molecule has 0 fully saturated rings. The number of carbonyl (C=O) groups is 3. The lowest BCUT2D eigenvalue weighted by molar-refractivity contribution is -0.118. The van der Waals surface area contributed by atoms with Gasteiger partial charge in [-0.25, -0.2) is 14.9 Å². The number of para-hydroxylation sites is 2. The summed E-state index contributed by atoms with van der Waals surface area (Å²) in [6.45, 7) is 9.74. The summed E-state index contributed by atoms with van der Waals surface area (Å²) >= 11 is 0. The van der Waals surface area contributed by atoms with Crippen LogP contribution in [0.15, 0.2) is 24.3 Å². The summed E-state index contributed by atoms with van der Waals surface area (Å²) in [6, 6.07) is 6.18. The number of imide groups is 1. The van der Waals surface area contributed by atoms with Gasteiger partial charge < -0.3 is 15.2 Å². The van der Waals surface area contributed by atoms with E-state index in [1.165, 1.54) is 12.1 Å². The molecule has 0 saturated carbocycles. The van der Waals surface area contributed by atoms with Gasteiger partial charge in [0.2, 0.25) is 0 Å². The molecule has 143 valence electrons. The van der Waals surface area contributed by atoms with E-state index < -0.39 is 29.3 Å². The van der Waals surface area contributed by atoms with Gasteiger partial charge in [-0.1, -0.05) is 12.1 Å². The fourth-order valence-electron chi connectivity index (χ4n) is 1.81. The van der Waals surface area contributed by atoms with Gasteiger partial charge in [-0.3, -0.25) is 4.79 Å². The lowest BCUT2D eigenvalue weighted by atomic mass is 10.2. The van der Waals surface area contributed by atoms with E-state index in [1.807, 2.05) is 0 Å². The van der Waals surface area contributed by atoms with Crippen molar-refractivity contribution in [2.45, 2.75) is 52.7 Å². The van der Waals surface area contributed by atoms with Crippen LogP contribution in [0.25, 0.3) is 0 Å². The molecule has 8 nitrogen and oxygen atoms in total. The van der Waals surface area contributed by atoms with Gasteiger partial charge in [0.1, 0.15) is 11.2 Å². The third kappa shape index (κ3) is 6.72. The van der Waals surface area contributed by atoms with E-state index in [1.54, 1.807) is 53.7 Å². The Hall–Kier alpha value is -2.61. The largest absolute Gasteiger partial charge is 0.443 e. The third-order valence-electron chi connectivity index (χ3n) is 2.69. The van der Waals surface area contributed by atoms with Gasteiger partial charge in [0, 0.05) is 0 Å². The van der Waals surface area contributed by atoms with Crippen LogP contribution in [0.1, 0.15) is 41.5 Å². The second-order valence-corrected chi connectivity index (χ2v) is 7.49. The highest BCUT2D eigenvalue weighted by atomic mass is 16.6. The lowest BCUT2D eigenvalue weighted by Gasteiger charge is -2.29. The molecule has 0 saturated heterocycles. The van der Waals surface area contributed by atoms with Crippen LogP contribution in [0.4, 0.5) is 21.0 Å². The van der Waals surface area contributed by atoms with E-state index in [9.17, 15) is 14.4 Å². The number of nitrogens with two attached hydrogens (primary N) is 1. The van der Waals surface area contributed by atoms with E-state index >= 15 is 0 Å². The smallest absolute Gasteiger partial charge is 0.424 e. The molecule has 26 heavy (non-hydrogen) atoms. The molecule has 0 atom stereocenters. The van der Waals surface area contributed by atoms with Gasteiger partial charge in [-0.15, -0.1) is 0 Å². The number of ether oxygens (including phenoxy) is 2. The quantitative estimate of drug-likeness (QED) is 0.882. The zero-order valence-corrected chi connectivity index (χ0v) is 16.0. The molecule has 0 aliphatic rings. The van der Waals surface area contributed by atoms with Crippen molar-refractivity contribution in [1.29, 1.82) is 0 Å². The second-order valence-electron chi connectivity index (χ2n) is 7.49. The van der Waals surface area contributed by atoms with Crippen molar-refractivity contribution in [3.05, 3.63) is 24.3 Å². The SMILES string of the molecule is CC(C)(C)OC(=O)N(C(=O)OC(C)(C)C)c1ccccc1[N]C(=O)CN. The molecule has 1 aromatic rings. The summed E-state index contributed by atoms with van der Waals surface area (Å²) in [5.74, 6) is -0.592. The zero-order chi connectivity index (χ0) is 20.1. The molecule has 0 aliphatic heterocycles. The number of amides is 3. The highest BCUT2D eigenvalue weighted by Gasteiger charge is 2.34. The van der Waals surface area contributed by atoms with Crippen molar-refractivity contribution in [2.24, 2.45) is 5.73 Å². The van der Waals surface area contributed by atoms with Crippen LogP contribution in [0.3, 0.4) is 0 Å². The van der Waals surface area contributed by atoms with Gasteiger partial charge in [0.25, 0.3) is 5.91 Å². The molecule has 0 heterocycles. The number of benzene rings is 1. The van der Waals surface area contributed by atoms with Crippen LogP contribution in [0.5, 0.6) is 0 Å². The molecule has 8 heteroatoms. The van der Waals surface area contributed by atoms with Crippen molar-refractivity contribution in [1.82, 2.24) is 5.32 Å². The minimum atomic E-state index is -0.936. The summed E-state index contributed by atoms with van der Waals surface area (Å²) in [4.78, 5) is 37.6. The zero-order valence-electron chi connectivity index (χ0n) is 16.0. The minimum Gasteiger partial charge on any atom is -0.443 e. The van der Waals surface area contributed by atoms with Crippen molar-refractivity contribution in [3.8, 4) is 0 Å². The highest BCUT2D eigenvalue weighted by molar-refractivity contribution is 6.11. The Morgan fingerprint density at radius 2 is 1.42 bits per heavy atom. The van der Waals surface area contributed by atoms with Crippen LogP contribution >= 0.6 is 0 Å². The predicted molar refractivity (Wildman–Crippen MR) is 97.2 cm³/mol. The molecular formula is C18H26N3O5. The molecule has 0 aliphatic carbocycles. The molecule has 0 bridgehead atoms. The minimum absolute atomic E-state index is 0.0674. The van der Waals surface area contributed by atoms with E-state index in [2.05, 4.69) is 5.32 Å². The Kier molecular flexibility index (Phi) is 6.74. The summed E-state index contributed by atoms with van der Waals surface area (Å²) in [7, 11) is 0. The Bertz CT molecular complexity index is 646. The summed E-state index contributed by atoms with van der Waals surface area (Å²) in [6.07, 6.45) is -1.87. The first-order chi connectivity index (χ1) is 11.8. The standard InChI is InChI=1S/C18H26N3O5/c1-17(2,3)25-15(23)21(16(24)26-18(4,5)6)13-10-8-7-9-12(13)20-14(22)11-19/h7-10H,11,19H2,1-6H3. The fourth-order valence-corrected chi connectivity index (χ4v) is 1.81. The van der Waals surface area contributed by atoms with Crippen LogP contribution in [-0.2, 0) is 14.3 Å². The molecule has 3 amide bonds. The number of nitrogens with zero attached hydrogens (tertiary/aromatic N) is 2. The monoisotopic (exact) mass is 364 g/mol. The number of rotatable bonds is 3. The van der Waals surface area contributed by atoms with Crippen LogP contribution in [0, 0.1) is 0 Å². The molecule has 1 rings (SSSR count). The van der Waals surface area contributed by atoms with E-state index in [0.717, 1.165) is 4.90 Å². The number of anilines is 1. The molecule has 1 radical (unpaired) electrons. The van der Waals surface area contributed by atoms with Gasteiger partial charge in [-0.05, 0) is 53.7 Å². The first-order valence-electron chi connectivity index (χ1n) is 8.14. The third-order valence-corrected chi connectivity index (χ3v) is 2.69. The maximum absolute atomic E-state index is 12.6. The van der Waals surface area contributed by atoms with E-state index in [4.69, 9.17) is 15.2 Å². The molecule has 0 aromatic heterocycles. The predicted octanol–water partition coefficient (Wildman–Crippen LogP) is 3.08. The summed E-state index contributed by atoms with van der Waals surface area (Å²) in [5.41, 5.74) is 3.80. The maximum Gasteiger partial charge on any atom is 0.424 e. The van der Waals surface area contributed by atoms with Gasteiger partial charge in [0.15, 0.2) is 0 Å². The highest BCUT2D eigenvalue weighted by Crippen LogP contribution is 2.29. The topological polar surface area (TPSA) is 113 Å². The molecule has 0 unspecified atom stereocenters. The van der Waals surface area contributed by atoms with Crippen molar-refractivity contribution in [3.63, 3.8) is 0 Å². The Balaban J connectivity index is 3.34. The maximum atomic E-state index is 12.6. The van der Waals surface area contributed by atoms with Gasteiger partial charge in [0.05, 0.1) is 17.9 Å². The van der Waals surface area contributed by atoms with Crippen molar-refractivity contribution >= 4 is 29.5 Å². The van der Waals surface area contributed by atoms with E-state index in [0.29, 0.717) is 0 Å². The van der Waals surface area contributed by atoms with Crippen LogP contribution in [-0.4, -0.2) is 35.8 Å². The number of carbonyl (C=O) groups excluding carboxylic acids is 3. The molecular weight excluding hydrogens is 338 g/mol. The molecule has 2 N–H and O–H groups in total. The van der Waals surface area contributed by atoms with Crippen LogP contribution in [0.2, 0.25) is 0 Å². The first-order valence-corrected chi connectivity index (χ1v) is 8.14. The average Bonchev–Trinajstić information content (AvgIpc) is 2.45. The molecule has 1 aromatic carbocycles. The van der Waals surface area contributed by atoms with Gasteiger partial charge >= 0.3 is 12.2 Å². The summed E-state index contributed by atoms with van der Waals surface area (Å²) in [5, 5.41) is 3.83. The summed E-state index contributed by atoms with van der Waals surface area (Å²) < 4.78 is 10.6. The number of hydrogen-bond acceptors (Lipinski definition) is 6. The Morgan fingerprint density at radius 3 is 1.85 bits per heavy atom. The van der Waals surface area contributed by atoms with Crippen molar-refractivity contribution < 1.29 is 23.9 Å². The van der Waals surface area contributed by atoms with Crippen molar-refractivity contribution in [2.75, 3.05) is 11.4 Å². The Morgan fingerprint density at radius 1 is 0.962 bits per heavy atom. The second kappa shape index (κ2) is 8.18. The van der Waals surface area contributed by atoms with Gasteiger partial charge in [-0.2, -0.15) is 4.90 Å². The first kappa shape index (κ1) is 21.4. The fraction of sp³-hybridized carbons (Fsp3) is 0.500. The average molecular weight is 364 g/mol. The van der Waals surface area contributed by atoms with E-state index in [-0.39, 0.29) is 17.9 Å². The Labute approximate surface area is 153 Å². The van der Waals surface area contributed by atoms with Crippen LogP contribution < -0.4 is 16.0 Å². The number of hydrogen-bond donors (Lipinski definition) is 1. The molecule has 0 spiro atoms.